The van der Waals surface area contributed by atoms with Crippen LogP contribution in [0.25, 0.3) is 10.8 Å². The molecule has 0 radical (unpaired) electrons. The topological polar surface area (TPSA) is 87.1 Å². The number of phenols is 1. The van der Waals surface area contributed by atoms with E-state index in [9.17, 15) is 46.1 Å². The SMILES string of the molecule is CC[C@H]1C[C@@H]2C(=O)N(c3cc(C(F)(F)F)cc(C(F)(F)F)c3)C(=O)[C@@H]2[C@@H]2C[C@@H](c3ccc(O)c4ccccc34)O[C@]12O. The number of hydrogen-bond acceptors (Lipinski definition) is 5. The third-order valence-electron chi connectivity index (χ3n) is 8.97. The van der Waals surface area contributed by atoms with E-state index in [0.29, 0.717) is 39.8 Å². The first-order valence-electron chi connectivity index (χ1n) is 13.4. The molecule has 2 N–H and O–H groups in total. The zero-order chi connectivity index (χ0) is 30.4. The van der Waals surface area contributed by atoms with Gasteiger partial charge in [0.25, 0.3) is 0 Å². The standard InChI is InChI=1S/C30H25F6NO5/c1-2-14-12-21-25(22-13-24(42-28(14,22)41)20-7-8-23(38)19-6-4-3-5-18(19)20)27(40)37(26(21)39)17-10-15(29(31,32)33)9-16(11-17)30(34,35)36/h3-11,14,21-22,24-25,38,41H,2,12-13H2,1H3/t14-,21-,22-,24-,25-,28+/m0/s1. The number of ether oxygens (including phenoxy) is 1. The van der Waals surface area contributed by atoms with E-state index in [4.69, 9.17) is 4.74 Å². The number of phenolic OH excluding ortho intramolecular Hbond substituents is 1. The van der Waals surface area contributed by atoms with Crippen molar-refractivity contribution in [3.05, 3.63) is 71.3 Å². The first-order chi connectivity index (χ1) is 19.6. The molecule has 12 heteroatoms. The van der Waals surface area contributed by atoms with Gasteiger partial charge in [-0.25, -0.2) is 0 Å². The molecule has 1 saturated carbocycles. The van der Waals surface area contributed by atoms with Crippen LogP contribution in [-0.2, 0) is 26.7 Å². The lowest BCUT2D eigenvalue weighted by Gasteiger charge is -2.44. The number of halogens is 6. The molecule has 0 bridgehead atoms. The van der Waals surface area contributed by atoms with Crippen LogP contribution in [0.1, 0.15) is 49.0 Å². The van der Waals surface area contributed by atoms with E-state index >= 15 is 0 Å². The number of carbonyl (C=O) groups is 2. The average Bonchev–Trinajstić information content (AvgIpc) is 3.40. The van der Waals surface area contributed by atoms with Gasteiger partial charge >= 0.3 is 12.4 Å². The maximum absolute atomic E-state index is 13.8. The predicted molar refractivity (Wildman–Crippen MR) is 137 cm³/mol. The molecule has 6 nitrogen and oxygen atoms in total. The van der Waals surface area contributed by atoms with Gasteiger partial charge in [-0.15, -0.1) is 0 Å². The number of benzene rings is 3. The van der Waals surface area contributed by atoms with Gasteiger partial charge in [0.05, 0.1) is 34.8 Å². The van der Waals surface area contributed by atoms with E-state index in [1.54, 1.807) is 37.3 Å². The van der Waals surface area contributed by atoms with Crippen LogP contribution in [0.4, 0.5) is 32.0 Å². The smallest absolute Gasteiger partial charge is 0.416 e. The number of nitrogens with zero attached hydrogens (tertiary/aromatic N) is 1. The number of fused-ring (bicyclic) bond motifs is 4. The van der Waals surface area contributed by atoms with Crippen molar-refractivity contribution < 1.29 is 50.9 Å². The number of aromatic hydroxyl groups is 1. The first-order valence-corrected chi connectivity index (χ1v) is 13.4. The highest BCUT2D eigenvalue weighted by Crippen LogP contribution is 2.60. The zero-order valence-corrected chi connectivity index (χ0v) is 22.0. The fourth-order valence-corrected chi connectivity index (χ4v) is 7.05. The van der Waals surface area contributed by atoms with Gasteiger partial charge in [0.15, 0.2) is 5.79 Å². The molecule has 0 unspecified atom stereocenters. The number of carbonyl (C=O) groups excluding carboxylic acids is 2. The van der Waals surface area contributed by atoms with E-state index in [1.165, 1.54) is 6.07 Å². The van der Waals surface area contributed by atoms with Crippen molar-refractivity contribution in [3.63, 3.8) is 0 Å². The Kier molecular flexibility index (Phi) is 6.40. The molecule has 3 aliphatic rings. The zero-order valence-electron chi connectivity index (χ0n) is 22.0. The van der Waals surface area contributed by atoms with Crippen LogP contribution in [0.2, 0.25) is 0 Å². The summed E-state index contributed by atoms with van der Waals surface area (Å²) in [6, 6.07) is 10.7. The van der Waals surface area contributed by atoms with E-state index in [0.717, 1.165) is 0 Å². The monoisotopic (exact) mass is 593 g/mol. The molecule has 0 spiro atoms. The molecule has 3 aromatic rings. The number of rotatable bonds is 3. The van der Waals surface area contributed by atoms with Crippen molar-refractivity contribution in [2.24, 2.45) is 23.7 Å². The van der Waals surface area contributed by atoms with Gasteiger partial charge in [0.1, 0.15) is 5.75 Å². The summed E-state index contributed by atoms with van der Waals surface area (Å²) in [5.74, 6) is -7.61. The minimum Gasteiger partial charge on any atom is -0.507 e. The van der Waals surface area contributed by atoms with E-state index in [1.807, 2.05) is 0 Å². The molecule has 6 atom stereocenters. The molecule has 2 amide bonds. The third kappa shape index (κ3) is 4.26. The summed E-state index contributed by atoms with van der Waals surface area (Å²) in [6.45, 7) is 1.76. The largest absolute Gasteiger partial charge is 0.507 e. The van der Waals surface area contributed by atoms with Crippen molar-refractivity contribution in [3.8, 4) is 5.75 Å². The van der Waals surface area contributed by atoms with Crippen molar-refractivity contribution in [2.45, 2.75) is 50.4 Å². The molecular weight excluding hydrogens is 568 g/mol. The molecular formula is C30H25F6NO5. The highest BCUT2D eigenvalue weighted by molar-refractivity contribution is 6.22. The minimum absolute atomic E-state index is 0.0292. The summed E-state index contributed by atoms with van der Waals surface area (Å²) < 4.78 is 87.6. The molecule has 2 saturated heterocycles. The van der Waals surface area contributed by atoms with Gasteiger partial charge in [-0.3, -0.25) is 14.5 Å². The molecule has 2 heterocycles. The summed E-state index contributed by atoms with van der Waals surface area (Å²) in [5, 5.41) is 23.4. The molecule has 42 heavy (non-hydrogen) atoms. The second kappa shape index (κ2) is 9.43. The Bertz CT molecular complexity index is 1570. The summed E-state index contributed by atoms with van der Waals surface area (Å²) in [7, 11) is 0. The van der Waals surface area contributed by atoms with Crippen molar-refractivity contribution >= 4 is 28.3 Å². The molecule has 6 rings (SSSR count). The lowest BCUT2D eigenvalue weighted by Crippen LogP contribution is -2.53. The van der Waals surface area contributed by atoms with Crippen LogP contribution >= 0.6 is 0 Å². The third-order valence-corrected chi connectivity index (χ3v) is 8.97. The Morgan fingerprint density at radius 1 is 0.905 bits per heavy atom. The van der Waals surface area contributed by atoms with Crippen molar-refractivity contribution in [2.75, 3.05) is 4.90 Å². The van der Waals surface area contributed by atoms with Crippen molar-refractivity contribution in [1.82, 2.24) is 0 Å². The Balaban J connectivity index is 1.42. The Hall–Kier alpha value is -3.64. The summed E-state index contributed by atoms with van der Waals surface area (Å²) >= 11 is 0. The van der Waals surface area contributed by atoms with E-state index in [2.05, 4.69) is 0 Å². The van der Waals surface area contributed by atoms with Crippen LogP contribution in [0.5, 0.6) is 5.75 Å². The van der Waals surface area contributed by atoms with Crippen LogP contribution in [0.15, 0.2) is 54.6 Å². The lowest BCUT2D eigenvalue weighted by atomic mass is 9.64. The van der Waals surface area contributed by atoms with Crippen LogP contribution in [0, 0.1) is 23.7 Å². The second-order valence-electron chi connectivity index (χ2n) is 11.2. The summed E-state index contributed by atoms with van der Waals surface area (Å²) in [5.41, 5.74) is -3.49. The van der Waals surface area contributed by atoms with Gasteiger partial charge in [0.2, 0.25) is 11.8 Å². The number of aliphatic hydroxyl groups is 1. The maximum atomic E-state index is 13.8. The van der Waals surface area contributed by atoms with E-state index in [-0.39, 0.29) is 24.7 Å². The fraction of sp³-hybridized carbons (Fsp3) is 0.400. The lowest BCUT2D eigenvalue weighted by molar-refractivity contribution is -0.269. The first kappa shape index (κ1) is 28.5. The molecule has 1 aliphatic carbocycles. The molecule has 0 aromatic heterocycles. The number of anilines is 1. The van der Waals surface area contributed by atoms with Gasteiger partial charge in [0, 0.05) is 17.2 Å². The summed E-state index contributed by atoms with van der Waals surface area (Å²) in [4.78, 5) is 27.8. The van der Waals surface area contributed by atoms with Crippen LogP contribution in [0.3, 0.4) is 0 Å². The minimum atomic E-state index is -5.17. The quantitative estimate of drug-likeness (QED) is 0.265. The normalized spacial score (nSPS) is 29.7. The van der Waals surface area contributed by atoms with Crippen LogP contribution in [-0.4, -0.2) is 27.8 Å². The predicted octanol–water partition coefficient (Wildman–Crippen LogP) is 6.58. The number of hydrogen-bond donors (Lipinski definition) is 2. The van der Waals surface area contributed by atoms with Crippen LogP contribution < -0.4 is 4.90 Å². The summed E-state index contributed by atoms with van der Waals surface area (Å²) in [6.07, 6.45) is -10.7. The number of alkyl halides is 6. The Morgan fingerprint density at radius 3 is 2.12 bits per heavy atom. The molecule has 2 aliphatic heterocycles. The highest BCUT2D eigenvalue weighted by Gasteiger charge is 2.66. The Labute approximate surface area is 235 Å². The maximum Gasteiger partial charge on any atom is 0.416 e. The second-order valence-corrected chi connectivity index (χ2v) is 11.2. The molecule has 3 aromatic carbocycles. The molecule has 3 fully saturated rings. The van der Waals surface area contributed by atoms with Gasteiger partial charge in [-0.05, 0) is 54.5 Å². The molecule has 222 valence electrons. The number of imide groups is 1. The number of amides is 2. The Morgan fingerprint density at radius 2 is 1.52 bits per heavy atom. The highest BCUT2D eigenvalue weighted by atomic mass is 19.4. The van der Waals surface area contributed by atoms with Crippen molar-refractivity contribution in [1.29, 1.82) is 0 Å². The fourth-order valence-electron chi connectivity index (χ4n) is 7.05. The average molecular weight is 594 g/mol. The van der Waals surface area contributed by atoms with E-state index < -0.39 is 76.5 Å². The van der Waals surface area contributed by atoms with Gasteiger partial charge in [-0.1, -0.05) is 37.3 Å². The van der Waals surface area contributed by atoms with Gasteiger partial charge < -0.3 is 14.9 Å². The van der Waals surface area contributed by atoms with Gasteiger partial charge in [-0.2, -0.15) is 26.3 Å².